The van der Waals surface area contributed by atoms with Crippen LogP contribution in [-0.4, -0.2) is 23.9 Å². The maximum Gasteiger partial charge on any atom is 0.268 e. The van der Waals surface area contributed by atoms with Crippen LogP contribution in [0.1, 0.15) is 34.7 Å². The van der Waals surface area contributed by atoms with Crippen molar-refractivity contribution in [1.82, 2.24) is 10.3 Å². The Morgan fingerprint density at radius 1 is 1.69 bits per heavy atom. The zero-order valence-electron chi connectivity index (χ0n) is 9.62. The van der Waals surface area contributed by atoms with E-state index < -0.39 is 0 Å². The molecule has 0 atom stereocenters. The maximum absolute atomic E-state index is 11.4. The molecule has 1 aromatic rings. The molecular weight excluding hydrogens is 206 g/mol. The smallest absolute Gasteiger partial charge is 0.268 e. The fourth-order valence-corrected chi connectivity index (χ4v) is 1.82. The van der Waals surface area contributed by atoms with E-state index in [0.717, 1.165) is 12.3 Å². The molecule has 1 saturated carbocycles. The van der Waals surface area contributed by atoms with Gasteiger partial charge in [0.05, 0.1) is 12.1 Å². The predicted molar refractivity (Wildman–Crippen MR) is 59.6 cm³/mol. The first-order valence-corrected chi connectivity index (χ1v) is 5.42. The van der Waals surface area contributed by atoms with Gasteiger partial charge in [-0.2, -0.15) is 0 Å². The summed E-state index contributed by atoms with van der Waals surface area (Å²) in [6, 6.07) is 2.44. The molecule has 0 unspecified atom stereocenters. The monoisotopic (exact) mass is 223 g/mol. The van der Waals surface area contributed by atoms with E-state index in [1.807, 2.05) is 0 Å². The number of aryl methyl sites for hydroxylation is 1. The van der Waals surface area contributed by atoms with Crippen LogP contribution in [0.2, 0.25) is 0 Å². The van der Waals surface area contributed by atoms with Gasteiger partial charge in [0.2, 0.25) is 0 Å². The quantitative estimate of drug-likeness (QED) is 0.449. The number of nitrogens with zero attached hydrogens (tertiary/aromatic N) is 1. The van der Waals surface area contributed by atoms with Crippen LogP contribution < -0.4 is 11.3 Å². The fraction of sp³-hybridized carbons (Fsp3) is 0.545. The highest BCUT2D eigenvalue weighted by Gasteiger charge is 2.27. The Morgan fingerprint density at radius 3 is 2.94 bits per heavy atom. The van der Waals surface area contributed by atoms with Gasteiger partial charge in [0, 0.05) is 6.04 Å². The normalized spacial score (nSPS) is 15.5. The summed E-state index contributed by atoms with van der Waals surface area (Å²) in [6.07, 6.45) is 2.51. The average Bonchev–Trinajstić information content (AvgIpc) is 3.03. The number of carbonyl (C=O) groups excluding carboxylic acids is 1. The van der Waals surface area contributed by atoms with E-state index in [4.69, 9.17) is 10.3 Å². The molecule has 5 nitrogen and oxygen atoms in total. The Morgan fingerprint density at radius 2 is 2.38 bits per heavy atom. The minimum atomic E-state index is -0.304. The van der Waals surface area contributed by atoms with E-state index in [9.17, 15) is 4.79 Å². The number of nitrogens with one attached hydrogen (secondary N) is 1. The van der Waals surface area contributed by atoms with Gasteiger partial charge in [-0.15, -0.1) is 0 Å². The highest BCUT2D eigenvalue weighted by Crippen LogP contribution is 2.27. The second kappa shape index (κ2) is 4.27. The standard InChI is InChI=1S/C11H17N3O2/c1-7-10(11(15)13-12)5-9(16-7)6-14(2)8-3-4-8/h5,8H,3-4,6,12H2,1-2H3,(H,13,15). The van der Waals surface area contributed by atoms with Crippen molar-refractivity contribution in [3.8, 4) is 0 Å². The number of carbonyl (C=O) groups is 1. The first-order chi connectivity index (χ1) is 7.61. The van der Waals surface area contributed by atoms with Gasteiger partial charge in [0.1, 0.15) is 11.5 Å². The summed E-state index contributed by atoms with van der Waals surface area (Å²) in [5, 5.41) is 0. The van der Waals surface area contributed by atoms with Crippen molar-refractivity contribution in [2.75, 3.05) is 7.05 Å². The second-order valence-electron chi connectivity index (χ2n) is 4.30. The van der Waals surface area contributed by atoms with Crippen LogP contribution in [0, 0.1) is 6.92 Å². The predicted octanol–water partition coefficient (Wildman–Crippen LogP) is 0.786. The number of furan rings is 1. The van der Waals surface area contributed by atoms with Crippen LogP contribution in [-0.2, 0) is 6.54 Å². The van der Waals surface area contributed by atoms with Crippen LogP contribution in [0.5, 0.6) is 0 Å². The fourth-order valence-electron chi connectivity index (χ4n) is 1.82. The number of amides is 1. The van der Waals surface area contributed by atoms with Gasteiger partial charge in [-0.05, 0) is 32.9 Å². The van der Waals surface area contributed by atoms with E-state index >= 15 is 0 Å². The van der Waals surface area contributed by atoms with Crippen molar-refractivity contribution < 1.29 is 9.21 Å². The van der Waals surface area contributed by atoms with Gasteiger partial charge in [0.15, 0.2) is 0 Å². The van der Waals surface area contributed by atoms with Crippen LogP contribution in [0.4, 0.5) is 0 Å². The number of rotatable bonds is 4. The summed E-state index contributed by atoms with van der Waals surface area (Å²) >= 11 is 0. The third-order valence-corrected chi connectivity index (χ3v) is 2.92. The summed E-state index contributed by atoms with van der Waals surface area (Å²) in [5.74, 6) is 6.21. The Kier molecular flexibility index (Phi) is 2.98. The highest BCUT2D eigenvalue weighted by molar-refractivity contribution is 5.94. The van der Waals surface area contributed by atoms with Crippen molar-refractivity contribution in [1.29, 1.82) is 0 Å². The van der Waals surface area contributed by atoms with E-state index in [1.54, 1.807) is 13.0 Å². The number of hydrogen-bond acceptors (Lipinski definition) is 4. The molecule has 16 heavy (non-hydrogen) atoms. The molecule has 1 aliphatic carbocycles. The van der Waals surface area contributed by atoms with Crippen molar-refractivity contribution in [2.24, 2.45) is 5.84 Å². The number of hydrazine groups is 1. The summed E-state index contributed by atoms with van der Waals surface area (Å²) in [5.41, 5.74) is 2.63. The third kappa shape index (κ3) is 2.25. The number of nitrogens with two attached hydrogens (primary N) is 1. The topological polar surface area (TPSA) is 71.5 Å². The second-order valence-corrected chi connectivity index (χ2v) is 4.30. The summed E-state index contributed by atoms with van der Waals surface area (Å²) < 4.78 is 5.53. The molecule has 0 aromatic carbocycles. The first kappa shape index (κ1) is 11.2. The first-order valence-electron chi connectivity index (χ1n) is 5.42. The molecule has 3 N–H and O–H groups in total. The Balaban J connectivity index is 2.07. The van der Waals surface area contributed by atoms with Crippen molar-refractivity contribution in [3.63, 3.8) is 0 Å². The van der Waals surface area contributed by atoms with Crippen LogP contribution in [0.15, 0.2) is 10.5 Å². The van der Waals surface area contributed by atoms with Gasteiger partial charge >= 0.3 is 0 Å². The Hall–Kier alpha value is -1.33. The molecule has 1 amide bonds. The van der Waals surface area contributed by atoms with Gasteiger partial charge in [-0.25, -0.2) is 5.84 Å². The third-order valence-electron chi connectivity index (χ3n) is 2.92. The van der Waals surface area contributed by atoms with E-state index in [0.29, 0.717) is 17.4 Å². The molecule has 0 saturated heterocycles. The summed E-state index contributed by atoms with van der Waals surface area (Å²) in [7, 11) is 2.07. The summed E-state index contributed by atoms with van der Waals surface area (Å²) in [6.45, 7) is 2.51. The molecule has 0 radical (unpaired) electrons. The molecule has 5 heteroatoms. The number of nitrogen functional groups attached to an aromatic ring is 1. The van der Waals surface area contributed by atoms with Crippen molar-refractivity contribution >= 4 is 5.91 Å². The van der Waals surface area contributed by atoms with E-state index in [-0.39, 0.29) is 5.91 Å². The SMILES string of the molecule is Cc1oc(CN(C)C2CC2)cc1C(=O)NN. The molecule has 0 aliphatic heterocycles. The minimum Gasteiger partial charge on any atom is -0.464 e. The lowest BCUT2D eigenvalue weighted by atomic mass is 10.2. The lowest BCUT2D eigenvalue weighted by Crippen LogP contribution is -2.30. The van der Waals surface area contributed by atoms with Crippen molar-refractivity contribution in [3.05, 3.63) is 23.2 Å². The minimum absolute atomic E-state index is 0.304. The highest BCUT2D eigenvalue weighted by atomic mass is 16.3. The average molecular weight is 223 g/mol. The molecule has 1 aromatic heterocycles. The molecule has 1 heterocycles. The lowest BCUT2D eigenvalue weighted by molar-refractivity contribution is 0.0952. The molecule has 2 rings (SSSR count). The maximum atomic E-state index is 11.4. The molecule has 0 spiro atoms. The van der Waals surface area contributed by atoms with Crippen LogP contribution in [0.3, 0.4) is 0 Å². The van der Waals surface area contributed by atoms with Gasteiger partial charge in [-0.3, -0.25) is 15.1 Å². The summed E-state index contributed by atoms with van der Waals surface area (Å²) in [4.78, 5) is 13.6. The van der Waals surface area contributed by atoms with Crippen molar-refractivity contribution in [2.45, 2.75) is 32.4 Å². The lowest BCUT2D eigenvalue weighted by Gasteiger charge is -2.12. The Bertz CT molecular complexity index is 396. The number of hydrogen-bond donors (Lipinski definition) is 2. The largest absolute Gasteiger partial charge is 0.464 e. The molecule has 88 valence electrons. The zero-order chi connectivity index (χ0) is 11.7. The van der Waals surface area contributed by atoms with Crippen LogP contribution in [0.25, 0.3) is 0 Å². The van der Waals surface area contributed by atoms with Crippen LogP contribution >= 0.6 is 0 Å². The van der Waals surface area contributed by atoms with Gasteiger partial charge < -0.3 is 4.42 Å². The van der Waals surface area contributed by atoms with E-state index in [2.05, 4.69) is 17.4 Å². The molecule has 1 aliphatic rings. The van der Waals surface area contributed by atoms with E-state index in [1.165, 1.54) is 12.8 Å². The Labute approximate surface area is 94.6 Å². The molecule has 0 bridgehead atoms. The molecular formula is C11H17N3O2. The van der Waals surface area contributed by atoms with Gasteiger partial charge in [-0.1, -0.05) is 0 Å². The zero-order valence-corrected chi connectivity index (χ0v) is 9.62. The van der Waals surface area contributed by atoms with Gasteiger partial charge in [0.25, 0.3) is 5.91 Å². The molecule has 1 fully saturated rings.